The highest BCUT2D eigenvalue weighted by Crippen LogP contribution is 2.36. The highest BCUT2D eigenvalue weighted by molar-refractivity contribution is 4.76. The Hall–Kier alpha value is -0.120. The summed E-state index contributed by atoms with van der Waals surface area (Å²) in [7, 11) is 0. The highest BCUT2D eigenvalue weighted by Gasteiger charge is 2.43. The van der Waals surface area contributed by atoms with E-state index >= 15 is 0 Å². The average molecular weight is 345 g/mol. The van der Waals surface area contributed by atoms with Gasteiger partial charge in [-0.25, -0.2) is 0 Å². The summed E-state index contributed by atoms with van der Waals surface area (Å²) in [5.74, 6) is -0.0358. The van der Waals surface area contributed by atoms with Gasteiger partial charge in [-0.15, -0.1) is 0 Å². The van der Waals surface area contributed by atoms with Crippen molar-refractivity contribution >= 4 is 0 Å². The molecule has 0 fully saturated rings. The molecule has 3 nitrogen and oxygen atoms in total. The predicted octanol–water partition coefficient (Wildman–Crippen LogP) is 6.55. The monoisotopic (exact) mass is 344 g/mol. The third-order valence-corrected chi connectivity index (χ3v) is 4.91. The van der Waals surface area contributed by atoms with Crippen molar-refractivity contribution in [3.05, 3.63) is 0 Å². The maximum absolute atomic E-state index is 6.03. The smallest absolute Gasteiger partial charge is 0.285 e. The van der Waals surface area contributed by atoms with Crippen molar-refractivity contribution in [2.24, 2.45) is 11.8 Å². The van der Waals surface area contributed by atoms with Crippen LogP contribution < -0.4 is 0 Å². The van der Waals surface area contributed by atoms with Gasteiger partial charge in [-0.2, -0.15) is 0 Å². The molecule has 0 aliphatic heterocycles. The molecule has 0 spiro atoms. The van der Waals surface area contributed by atoms with E-state index in [2.05, 4.69) is 20.8 Å². The lowest BCUT2D eigenvalue weighted by molar-refractivity contribution is -0.405. The molecule has 0 aliphatic carbocycles. The molecule has 0 saturated heterocycles. The summed E-state index contributed by atoms with van der Waals surface area (Å²) in [6.45, 7) is 14.7. The van der Waals surface area contributed by atoms with E-state index in [4.69, 9.17) is 14.2 Å². The quantitative estimate of drug-likeness (QED) is 0.221. The van der Waals surface area contributed by atoms with Gasteiger partial charge in [0.25, 0.3) is 5.97 Å². The van der Waals surface area contributed by atoms with Crippen molar-refractivity contribution < 1.29 is 14.2 Å². The summed E-state index contributed by atoms with van der Waals surface area (Å²) in [5.41, 5.74) is 0. The molecule has 0 heterocycles. The largest absolute Gasteiger partial charge is 0.328 e. The van der Waals surface area contributed by atoms with E-state index in [1.807, 2.05) is 20.8 Å². The van der Waals surface area contributed by atoms with Gasteiger partial charge in [-0.1, -0.05) is 65.7 Å². The second-order valence-corrected chi connectivity index (χ2v) is 6.80. The minimum atomic E-state index is -0.875. The molecule has 2 unspecified atom stereocenters. The van der Waals surface area contributed by atoms with Gasteiger partial charge in [0.15, 0.2) is 0 Å². The van der Waals surface area contributed by atoms with Crippen LogP contribution in [-0.2, 0) is 14.2 Å². The van der Waals surface area contributed by atoms with Gasteiger partial charge in [-0.05, 0) is 39.5 Å². The zero-order valence-corrected chi connectivity index (χ0v) is 17.4. The van der Waals surface area contributed by atoms with Crippen LogP contribution in [0.25, 0.3) is 0 Å². The summed E-state index contributed by atoms with van der Waals surface area (Å²) >= 11 is 0. The van der Waals surface area contributed by atoms with Gasteiger partial charge in [0.05, 0.1) is 0 Å². The normalized spacial score (nSPS) is 14.8. The molecule has 0 amide bonds. The minimum Gasteiger partial charge on any atom is -0.328 e. The maximum Gasteiger partial charge on any atom is 0.285 e. The topological polar surface area (TPSA) is 27.7 Å². The highest BCUT2D eigenvalue weighted by atomic mass is 16.9. The number of ether oxygens (including phenoxy) is 3. The molecule has 0 rings (SSSR count). The molecule has 2 atom stereocenters. The van der Waals surface area contributed by atoms with Gasteiger partial charge in [0, 0.05) is 25.7 Å². The third kappa shape index (κ3) is 8.82. The van der Waals surface area contributed by atoms with Crippen molar-refractivity contribution in [3.63, 3.8) is 0 Å². The fourth-order valence-corrected chi connectivity index (χ4v) is 3.53. The molecule has 0 aromatic heterocycles. The first-order valence-electron chi connectivity index (χ1n) is 10.5. The van der Waals surface area contributed by atoms with Gasteiger partial charge in [-0.3, -0.25) is 0 Å². The molecule has 0 N–H and O–H groups in total. The molecule has 3 heteroatoms. The standard InChI is InChI=1S/C21H44O3/c1-7-12-14-15-16-18-20(17-13-8-2)19(6)21(22-9-3,23-10-4)24-11-5/h19-20H,7-18H2,1-6H3. The Morgan fingerprint density at radius 2 is 1.08 bits per heavy atom. The Balaban J connectivity index is 4.93. The Morgan fingerprint density at radius 3 is 1.54 bits per heavy atom. The molecular weight excluding hydrogens is 300 g/mol. The number of hydrogen-bond donors (Lipinski definition) is 0. The van der Waals surface area contributed by atoms with Crippen LogP contribution in [0.15, 0.2) is 0 Å². The second kappa shape index (κ2) is 15.2. The Bertz CT molecular complexity index is 251. The van der Waals surface area contributed by atoms with Crippen molar-refractivity contribution in [2.75, 3.05) is 19.8 Å². The van der Waals surface area contributed by atoms with Crippen LogP contribution in [-0.4, -0.2) is 25.8 Å². The van der Waals surface area contributed by atoms with Crippen LogP contribution >= 0.6 is 0 Å². The molecule has 0 radical (unpaired) electrons. The van der Waals surface area contributed by atoms with Crippen LogP contribution in [0.5, 0.6) is 0 Å². The van der Waals surface area contributed by atoms with Crippen LogP contribution in [0.3, 0.4) is 0 Å². The van der Waals surface area contributed by atoms with Gasteiger partial charge in [0.1, 0.15) is 0 Å². The van der Waals surface area contributed by atoms with E-state index in [-0.39, 0.29) is 5.92 Å². The fourth-order valence-electron chi connectivity index (χ4n) is 3.53. The van der Waals surface area contributed by atoms with Crippen molar-refractivity contribution in [3.8, 4) is 0 Å². The molecular formula is C21H44O3. The summed E-state index contributed by atoms with van der Waals surface area (Å²) in [4.78, 5) is 0. The van der Waals surface area contributed by atoms with E-state index in [1.54, 1.807) is 0 Å². The predicted molar refractivity (Wildman–Crippen MR) is 103 cm³/mol. The molecule has 146 valence electrons. The van der Waals surface area contributed by atoms with Crippen LogP contribution in [0, 0.1) is 11.8 Å². The molecule has 0 aromatic rings. The molecule has 24 heavy (non-hydrogen) atoms. The van der Waals surface area contributed by atoms with Gasteiger partial charge in [0.2, 0.25) is 0 Å². The second-order valence-electron chi connectivity index (χ2n) is 6.80. The summed E-state index contributed by atoms with van der Waals surface area (Å²) in [5, 5.41) is 0. The third-order valence-electron chi connectivity index (χ3n) is 4.91. The molecule has 0 aliphatic rings. The molecule has 0 saturated carbocycles. The van der Waals surface area contributed by atoms with Crippen molar-refractivity contribution in [1.29, 1.82) is 0 Å². The number of hydrogen-bond acceptors (Lipinski definition) is 3. The first-order chi connectivity index (χ1) is 11.6. The van der Waals surface area contributed by atoms with Crippen LogP contribution in [0.1, 0.15) is 99.3 Å². The Kier molecular flexibility index (Phi) is 15.1. The fraction of sp³-hybridized carbons (Fsp3) is 1.00. The minimum absolute atomic E-state index is 0.245. The van der Waals surface area contributed by atoms with E-state index in [9.17, 15) is 0 Å². The average Bonchev–Trinajstić information content (AvgIpc) is 2.57. The van der Waals surface area contributed by atoms with Crippen molar-refractivity contribution in [1.82, 2.24) is 0 Å². The van der Waals surface area contributed by atoms with E-state index in [0.717, 1.165) is 0 Å². The van der Waals surface area contributed by atoms with Crippen LogP contribution in [0.2, 0.25) is 0 Å². The first kappa shape index (κ1) is 23.9. The van der Waals surface area contributed by atoms with E-state index in [1.165, 1.54) is 57.8 Å². The van der Waals surface area contributed by atoms with E-state index < -0.39 is 5.97 Å². The maximum atomic E-state index is 6.03. The SMILES string of the molecule is CCCCCCCC(CCCC)C(C)C(OCC)(OCC)OCC. The zero-order chi connectivity index (χ0) is 18.3. The number of rotatable bonds is 17. The van der Waals surface area contributed by atoms with E-state index in [0.29, 0.717) is 25.7 Å². The lowest BCUT2D eigenvalue weighted by Crippen LogP contribution is -2.48. The number of unbranched alkanes of at least 4 members (excludes halogenated alkanes) is 5. The van der Waals surface area contributed by atoms with Gasteiger partial charge < -0.3 is 14.2 Å². The molecule has 0 bridgehead atoms. The lowest BCUT2D eigenvalue weighted by Gasteiger charge is -2.41. The Labute approximate surface area is 151 Å². The van der Waals surface area contributed by atoms with Crippen molar-refractivity contribution in [2.45, 2.75) is 105 Å². The zero-order valence-electron chi connectivity index (χ0n) is 17.4. The summed E-state index contributed by atoms with van der Waals surface area (Å²) < 4.78 is 18.1. The molecule has 0 aromatic carbocycles. The van der Waals surface area contributed by atoms with Gasteiger partial charge >= 0.3 is 0 Å². The first-order valence-corrected chi connectivity index (χ1v) is 10.5. The summed E-state index contributed by atoms with van der Waals surface area (Å²) in [6, 6.07) is 0. The lowest BCUT2D eigenvalue weighted by atomic mass is 9.83. The Morgan fingerprint density at radius 1 is 0.625 bits per heavy atom. The van der Waals surface area contributed by atoms with Crippen LogP contribution in [0.4, 0.5) is 0 Å². The summed E-state index contributed by atoms with van der Waals surface area (Å²) in [6.07, 6.45) is 11.7.